The molecule has 0 bridgehead atoms. The fraction of sp³-hybridized carbons (Fsp3) is 0.588. The van der Waals surface area contributed by atoms with Crippen LogP contribution >= 0.6 is 0 Å². The Kier molecular flexibility index (Phi) is 5.90. The number of benzene rings is 1. The van der Waals surface area contributed by atoms with Crippen molar-refractivity contribution in [2.45, 2.75) is 45.4 Å². The first-order valence-electron chi connectivity index (χ1n) is 7.91. The Morgan fingerprint density at radius 1 is 1.15 bits per heavy atom. The topological polar surface area (TPSA) is 41.1 Å². The number of carbonyl (C=O) groups excluding carboxylic acids is 1. The Morgan fingerprint density at radius 3 is 2.50 bits per heavy atom. The molecule has 0 aromatic heterocycles. The lowest BCUT2D eigenvalue weighted by Gasteiger charge is -2.21. The van der Waals surface area contributed by atoms with Crippen LogP contribution in [0.3, 0.4) is 0 Å². The largest absolute Gasteiger partial charge is 0.385 e. The van der Waals surface area contributed by atoms with Crippen molar-refractivity contribution in [3.05, 3.63) is 29.8 Å². The predicted octanol–water partition coefficient (Wildman–Crippen LogP) is 3.82. The molecule has 0 saturated heterocycles. The fourth-order valence-electron chi connectivity index (χ4n) is 2.90. The maximum Gasteiger partial charge on any atom is 0.251 e. The second-order valence-corrected chi connectivity index (χ2v) is 5.66. The first kappa shape index (κ1) is 14.9. The summed E-state index contributed by atoms with van der Waals surface area (Å²) >= 11 is 0. The highest BCUT2D eigenvalue weighted by atomic mass is 16.1. The van der Waals surface area contributed by atoms with Gasteiger partial charge in [-0.3, -0.25) is 4.79 Å². The van der Waals surface area contributed by atoms with Crippen molar-refractivity contribution in [1.82, 2.24) is 5.32 Å². The number of hydrogen-bond donors (Lipinski definition) is 2. The Labute approximate surface area is 122 Å². The van der Waals surface area contributed by atoms with Gasteiger partial charge < -0.3 is 10.6 Å². The smallest absolute Gasteiger partial charge is 0.251 e. The van der Waals surface area contributed by atoms with Crippen molar-refractivity contribution in [3.8, 4) is 0 Å². The van der Waals surface area contributed by atoms with E-state index in [1.54, 1.807) is 0 Å². The van der Waals surface area contributed by atoms with Crippen LogP contribution in [0.1, 0.15) is 55.8 Å². The van der Waals surface area contributed by atoms with Crippen LogP contribution in [0.15, 0.2) is 24.3 Å². The van der Waals surface area contributed by atoms with E-state index in [0.29, 0.717) is 6.54 Å². The van der Waals surface area contributed by atoms with Crippen LogP contribution in [-0.4, -0.2) is 19.0 Å². The van der Waals surface area contributed by atoms with E-state index in [1.165, 1.54) is 38.5 Å². The van der Waals surface area contributed by atoms with Crippen molar-refractivity contribution in [2.75, 3.05) is 18.4 Å². The zero-order valence-corrected chi connectivity index (χ0v) is 12.5. The molecule has 1 amide bonds. The van der Waals surface area contributed by atoms with Gasteiger partial charge >= 0.3 is 0 Å². The third-order valence-electron chi connectivity index (χ3n) is 4.09. The standard InChI is InChI=1S/C17H26N2O/c1-2-18-17(20)15-8-10-16(11-9-15)19-13-12-14-6-4-3-5-7-14/h8-11,14,19H,2-7,12-13H2,1H3,(H,18,20). The van der Waals surface area contributed by atoms with Gasteiger partial charge in [-0.25, -0.2) is 0 Å². The number of nitrogens with one attached hydrogen (secondary N) is 2. The van der Waals surface area contributed by atoms with E-state index >= 15 is 0 Å². The summed E-state index contributed by atoms with van der Waals surface area (Å²) in [5, 5.41) is 6.27. The van der Waals surface area contributed by atoms with Gasteiger partial charge in [0.05, 0.1) is 0 Å². The maximum absolute atomic E-state index is 11.6. The summed E-state index contributed by atoms with van der Waals surface area (Å²) in [6.45, 7) is 3.63. The highest BCUT2D eigenvalue weighted by molar-refractivity contribution is 5.94. The van der Waals surface area contributed by atoms with Crippen molar-refractivity contribution in [1.29, 1.82) is 0 Å². The number of carbonyl (C=O) groups is 1. The van der Waals surface area contributed by atoms with Gasteiger partial charge in [0.2, 0.25) is 0 Å². The summed E-state index contributed by atoms with van der Waals surface area (Å²) in [5.41, 5.74) is 1.83. The van der Waals surface area contributed by atoms with E-state index in [0.717, 1.165) is 23.7 Å². The van der Waals surface area contributed by atoms with E-state index in [9.17, 15) is 4.79 Å². The molecule has 1 fully saturated rings. The molecule has 1 saturated carbocycles. The highest BCUT2D eigenvalue weighted by Crippen LogP contribution is 2.26. The van der Waals surface area contributed by atoms with Crippen LogP contribution in [-0.2, 0) is 0 Å². The summed E-state index contributed by atoms with van der Waals surface area (Å²) in [5.74, 6) is 0.909. The molecule has 1 aliphatic rings. The molecule has 0 heterocycles. The van der Waals surface area contributed by atoms with Crippen LogP contribution in [0, 0.1) is 5.92 Å². The summed E-state index contributed by atoms with van der Waals surface area (Å²) < 4.78 is 0. The molecule has 0 radical (unpaired) electrons. The minimum Gasteiger partial charge on any atom is -0.385 e. The van der Waals surface area contributed by atoms with Crippen molar-refractivity contribution in [2.24, 2.45) is 5.92 Å². The minimum atomic E-state index is 0.00116. The van der Waals surface area contributed by atoms with Gasteiger partial charge in [-0.1, -0.05) is 32.1 Å². The second kappa shape index (κ2) is 7.93. The SMILES string of the molecule is CCNC(=O)c1ccc(NCCC2CCCCC2)cc1. The lowest BCUT2D eigenvalue weighted by molar-refractivity contribution is 0.0956. The Morgan fingerprint density at radius 2 is 1.85 bits per heavy atom. The van der Waals surface area contributed by atoms with Crippen LogP contribution in [0.2, 0.25) is 0 Å². The lowest BCUT2D eigenvalue weighted by Crippen LogP contribution is -2.22. The summed E-state index contributed by atoms with van der Waals surface area (Å²) in [6, 6.07) is 7.75. The maximum atomic E-state index is 11.6. The Balaban J connectivity index is 1.74. The van der Waals surface area contributed by atoms with Gasteiger partial charge in [-0.15, -0.1) is 0 Å². The Bertz CT molecular complexity index is 408. The molecule has 0 spiro atoms. The minimum absolute atomic E-state index is 0.00116. The van der Waals surface area contributed by atoms with Gasteiger partial charge in [0.15, 0.2) is 0 Å². The van der Waals surface area contributed by atoms with E-state index < -0.39 is 0 Å². The molecule has 2 rings (SSSR count). The molecule has 1 aromatic rings. The summed E-state index contributed by atoms with van der Waals surface area (Å²) in [6.07, 6.45) is 8.30. The van der Waals surface area contributed by atoms with Crippen LogP contribution < -0.4 is 10.6 Å². The molecule has 0 atom stereocenters. The zero-order chi connectivity index (χ0) is 14.2. The van der Waals surface area contributed by atoms with Crippen LogP contribution in [0.5, 0.6) is 0 Å². The average Bonchev–Trinajstić information content (AvgIpc) is 2.49. The molecule has 0 unspecified atom stereocenters. The second-order valence-electron chi connectivity index (χ2n) is 5.66. The normalized spacial score (nSPS) is 15.8. The van der Waals surface area contributed by atoms with Crippen molar-refractivity contribution < 1.29 is 4.79 Å². The fourth-order valence-corrected chi connectivity index (χ4v) is 2.90. The number of amides is 1. The molecule has 110 valence electrons. The lowest BCUT2D eigenvalue weighted by atomic mass is 9.87. The first-order valence-corrected chi connectivity index (χ1v) is 7.91. The third kappa shape index (κ3) is 4.55. The summed E-state index contributed by atoms with van der Waals surface area (Å²) in [4.78, 5) is 11.6. The average molecular weight is 274 g/mol. The van der Waals surface area contributed by atoms with E-state index in [2.05, 4.69) is 10.6 Å². The predicted molar refractivity (Wildman–Crippen MR) is 84.1 cm³/mol. The molecular formula is C17H26N2O. The van der Waals surface area contributed by atoms with E-state index in [1.807, 2.05) is 31.2 Å². The Hall–Kier alpha value is -1.51. The van der Waals surface area contributed by atoms with Gasteiger partial charge in [0, 0.05) is 24.3 Å². The monoisotopic (exact) mass is 274 g/mol. The zero-order valence-electron chi connectivity index (χ0n) is 12.5. The molecule has 1 aliphatic carbocycles. The van der Waals surface area contributed by atoms with Gasteiger partial charge in [-0.2, -0.15) is 0 Å². The number of rotatable bonds is 6. The molecule has 3 nitrogen and oxygen atoms in total. The summed E-state index contributed by atoms with van der Waals surface area (Å²) in [7, 11) is 0. The van der Waals surface area contributed by atoms with Crippen molar-refractivity contribution in [3.63, 3.8) is 0 Å². The molecule has 20 heavy (non-hydrogen) atoms. The third-order valence-corrected chi connectivity index (χ3v) is 4.09. The van der Waals surface area contributed by atoms with E-state index in [-0.39, 0.29) is 5.91 Å². The highest BCUT2D eigenvalue weighted by Gasteiger charge is 2.12. The number of hydrogen-bond acceptors (Lipinski definition) is 2. The van der Waals surface area contributed by atoms with Crippen molar-refractivity contribution >= 4 is 11.6 Å². The molecular weight excluding hydrogens is 248 g/mol. The molecule has 0 aliphatic heterocycles. The molecule has 1 aromatic carbocycles. The molecule has 2 N–H and O–H groups in total. The van der Waals surface area contributed by atoms with Gasteiger partial charge in [-0.05, 0) is 43.5 Å². The molecule has 3 heteroatoms. The van der Waals surface area contributed by atoms with Crippen LogP contribution in [0.25, 0.3) is 0 Å². The van der Waals surface area contributed by atoms with Gasteiger partial charge in [0.1, 0.15) is 0 Å². The van der Waals surface area contributed by atoms with Gasteiger partial charge in [0.25, 0.3) is 5.91 Å². The first-order chi connectivity index (χ1) is 9.79. The van der Waals surface area contributed by atoms with E-state index in [4.69, 9.17) is 0 Å². The van der Waals surface area contributed by atoms with Crippen LogP contribution in [0.4, 0.5) is 5.69 Å². The quantitative estimate of drug-likeness (QED) is 0.828. The number of anilines is 1.